The minimum absolute atomic E-state index is 0.0493. The highest BCUT2D eigenvalue weighted by Gasteiger charge is 2.25. The average molecular weight is 338 g/mol. The first-order chi connectivity index (χ1) is 10.9. The van der Waals surface area contributed by atoms with Gasteiger partial charge >= 0.3 is 0 Å². The number of hydroxylamine groups is 1. The molecule has 0 aromatic heterocycles. The van der Waals surface area contributed by atoms with Gasteiger partial charge in [-0.25, -0.2) is 18.3 Å². The molecule has 0 aliphatic heterocycles. The van der Waals surface area contributed by atoms with E-state index in [9.17, 15) is 17.6 Å². The molecule has 0 aliphatic carbocycles. The lowest BCUT2D eigenvalue weighted by molar-refractivity contribution is -0.130. The van der Waals surface area contributed by atoms with Crippen LogP contribution in [0, 0.1) is 5.82 Å². The van der Waals surface area contributed by atoms with Gasteiger partial charge in [-0.3, -0.25) is 10.0 Å². The first kappa shape index (κ1) is 17.1. The molecule has 2 aromatic rings. The molecule has 0 fully saturated rings. The van der Waals surface area contributed by atoms with Crippen molar-refractivity contribution in [3.8, 4) is 0 Å². The van der Waals surface area contributed by atoms with Crippen LogP contribution in [-0.4, -0.2) is 25.6 Å². The quantitative estimate of drug-likeness (QED) is 0.545. The smallest absolute Gasteiger partial charge is 0.261 e. The number of carbonyl (C=O) groups excluding carboxylic acids is 1. The van der Waals surface area contributed by atoms with Crippen LogP contribution < -0.4 is 10.2 Å². The fourth-order valence-electron chi connectivity index (χ4n) is 1.98. The number of rotatable bonds is 6. The Morgan fingerprint density at radius 1 is 1.09 bits per heavy atom. The van der Waals surface area contributed by atoms with Gasteiger partial charge in [0.2, 0.25) is 10.0 Å². The maximum absolute atomic E-state index is 12.9. The lowest BCUT2D eigenvalue weighted by Gasteiger charge is -2.17. The predicted octanol–water partition coefficient (Wildman–Crippen LogP) is 1.22. The SMILES string of the molecule is O=C(NO)C(Cc1ccccc1)NS(=O)(=O)c1ccc(F)cc1. The van der Waals surface area contributed by atoms with Crippen molar-refractivity contribution in [3.63, 3.8) is 0 Å². The molecule has 2 aromatic carbocycles. The Balaban J connectivity index is 2.23. The van der Waals surface area contributed by atoms with Gasteiger partial charge < -0.3 is 0 Å². The fraction of sp³-hybridized carbons (Fsp3) is 0.133. The minimum Gasteiger partial charge on any atom is -0.289 e. The number of hydrogen-bond acceptors (Lipinski definition) is 4. The van der Waals surface area contributed by atoms with Gasteiger partial charge in [0.05, 0.1) is 4.90 Å². The molecule has 0 saturated carbocycles. The Bertz CT molecular complexity index is 764. The van der Waals surface area contributed by atoms with Crippen LogP contribution in [0.25, 0.3) is 0 Å². The zero-order valence-corrected chi connectivity index (χ0v) is 12.8. The van der Waals surface area contributed by atoms with E-state index in [1.807, 2.05) is 0 Å². The van der Waals surface area contributed by atoms with Crippen LogP contribution in [0.1, 0.15) is 5.56 Å². The second-order valence-electron chi connectivity index (χ2n) is 4.79. The van der Waals surface area contributed by atoms with Gasteiger partial charge in [-0.2, -0.15) is 4.72 Å². The Hall–Kier alpha value is -2.29. The van der Waals surface area contributed by atoms with Crippen LogP contribution in [0.5, 0.6) is 0 Å². The van der Waals surface area contributed by atoms with Crippen LogP contribution in [0.3, 0.4) is 0 Å². The van der Waals surface area contributed by atoms with Gasteiger partial charge in [-0.1, -0.05) is 30.3 Å². The normalized spacial score (nSPS) is 12.6. The van der Waals surface area contributed by atoms with Crippen molar-refractivity contribution in [2.75, 3.05) is 0 Å². The summed E-state index contributed by atoms with van der Waals surface area (Å²) >= 11 is 0. The van der Waals surface area contributed by atoms with E-state index < -0.39 is 27.8 Å². The zero-order chi connectivity index (χ0) is 16.9. The average Bonchev–Trinajstić information content (AvgIpc) is 2.54. The zero-order valence-electron chi connectivity index (χ0n) is 11.9. The third-order valence-electron chi connectivity index (χ3n) is 3.13. The van der Waals surface area contributed by atoms with Crippen molar-refractivity contribution >= 4 is 15.9 Å². The van der Waals surface area contributed by atoms with Crippen LogP contribution >= 0.6 is 0 Å². The van der Waals surface area contributed by atoms with Crippen molar-refractivity contribution in [1.82, 2.24) is 10.2 Å². The second kappa shape index (κ2) is 7.32. The van der Waals surface area contributed by atoms with Crippen molar-refractivity contribution in [2.45, 2.75) is 17.4 Å². The number of benzene rings is 2. The van der Waals surface area contributed by atoms with E-state index in [-0.39, 0.29) is 11.3 Å². The summed E-state index contributed by atoms with van der Waals surface area (Å²) in [5.74, 6) is -1.46. The first-order valence-electron chi connectivity index (χ1n) is 6.68. The summed E-state index contributed by atoms with van der Waals surface area (Å²) in [6.07, 6.45) is 0.0493. The minimum atomic E-state index is -4.04. The summed E-state index contributed by atoms with van der Waals surface area (Å²) < 4.78 is 39.6. The molecular formula is C15H15FN2O4S. The van der Waals surface area contributed by atoms with Crippen molar-refractivity contribution in [1.29, 1.82) is 0 Å². The molecule has 0 radical (unpaired) electrons. The molecule has 1 unspecified atom stereocenters. The molecule has 0 heterocycles. The largest absolute Gasteiger partial charge is 0.289 e. The third-order valence-corrected chi connectivity index (χ3v) is 4.62. The number of nitrogens with one attached hydrogen (secondary N) is 2. The Kier molecular flexibility index (Phi) is 5.43. The molecule has 23 heavy (non-hydrogen) atoms. The monoisotopic (exact) mass is 338 g/mol. The molecule has 3 N–H and O–H groups in total. The van der Waals surface area contributed by atoms with Gasteiger partial charge in [0, 0.05) is 0 Å². The highest BCUT2D eigenvalue weighted by molar-refractivity contribution is 7.89. The van der Waals surface area contributed by atoms with Gasteiger partial charge in [-0.05, 0) is 36.2 Å². The summed E-state index contributed by atoms with van der Waals surface area (Å²) in [5.41, 5.74) is 2.15. The molecule has 2 rings (SSSR count). The third kappa shape index (κ3) is 4.59. The van der Waals surface area contributed by atoms with Gasteiger partial charge in [0.15, 0.2) is 0 Å². The van der Waals surface area contributed by atoms with E-state index in [0.717, 1.165) is 24.3 Å². The van der Waals surface area contributed by atoms with E-state index >= 15 is 0 Å². The summed E-state index contributed by atoms with van der Waals surface area (Å²) in [5, 5.41) is 8.80. The van der Waals surface area contributed by atoms with Crippen molar-refractivity contribution in [2.24, 2.45) is 0 Å². The lowest BCUT2D eigenvalue weighted by Crippen LogP contribution is -2.47. The number of halogens is 1. The van der Waals surface area contributed by atoms with E-state index in [0.29, 0.717) is 5.56 Å². The molecule has 1 atom stereocenters. The molecule has 122 valence electrons. The Labute approximate surface area is 133 Å². The molecule has 0 bridgehead atoms. The number of carbonyl (C=O) groups is 1. The first-order valence-corrected chi connectivity index (χ1v) is 8.16. The van der Waals surface area contributed by atoms with E-state index in [4.69, 9.17) is 5.21 Å². The predicted molar refractivity (Wildman–Crippen MR) is 80.6 cm³/mol. The highest BCUT2D eigenvalue weighted by atomic mass is 32.2. The Morgan fingerprint density at radius 3 is 2.26 bits per heavy atom. The van der Waals surface area contributed by atoms with Crippen molar-refractivity contribution in [3.05, 3.63) is 66.0 Å². The standard InChI is InChI=1S/C15H15FN2O4S/c16-12-6-8-13(9-7-12)23(21,22)18-14(15(19)17-20)10-11-4-2-1-3-5-11/h1-9,14,18,20H,10H2,(H,17,19). The van der Waals surface area contributed by atoms with Gasteiger partial charge in [0.1, 0.15) is 11.9 Å². The second-order valence-corrected chi connectivity index (χ2v) is 6.51. The van der Waals surface area contributed by atoms with Crippen LogP contribution in [-0.2, 0) is 21.2 Å². The van der Waals surface area contributed by atoms with Crippen LogP contribution in [0.4, 0.5) is 4.39 Å². The number of hydrogen-bond donors (Lipinski definition) is 3. The van der Waals surface area contributed by atoms with E-state index in [2.05, 4.69) is 4.72 Å². The molecule has 8 heteroatoms. The molecule has 1 amide bonds. The van der Waals surface area contributed by atoms with E-state index in [1.54, 1.807) is 30.3 Å². The van der Waals surface area contributed by atoms with Crippen LogP contribution in [0.15, 0.2) is 59.5 Å². The maximum atomic E-state index is 12.9. The summed E-state index contributed by atoms with van der Waals surface area (Å²) in [7, 11) is -4.04. The highest BCUT2D eigenvalue weighted by Crippen LogP contribution is 2.12. The lowest BCUT2D eigenvalue weighted by atomic mass is 10.1. The summed E-state index contributed by atoms with van der Waals surface area (Å²) in [6.45, 7) is 0. The summed E-state index contributed by atoms with van der Waals surface area (Å²) in [6, 6.07) is 11.7. The molecule has 0 saturated heterocycles. The topological polar surface area (TPSA) is 95.5 Å². The number of amides is 1. The molecule has 0 spiro atoms. The van der Waals surface area contributed by atoms with Gasteiger partial charge in [-0.15, -0.1) is 0 Å². The van der Waals surface area contributed by atoms with Crippen molar-refractivity contribution < 1.29 is 22.8 Å². The number of sulfonamides is 1. The molecular weight excluding hydrogens is 323 g/mol. The van der Waals surface area contributed by atoms with Gasteiger partial charge in [0.25, 0.3) is 5.91 Å². The molecule has 6 nitrogen and oxygen atoms in total. The summed E-state index contributed by atoms with van der Waals surface area (Å²) in [4.78, 5) is 11.6. The van der Waals surface area contributed by atoms with Crippen LogP contribution in [0.2, 0.25) is 0 Å². The Morgan fingerprint density at radius 2 is 1.70 bits per heavy atom. The van der Waals surface area contributed by atoms with E-state index in [1.165, 1.54) is 5.48 Å². The maximum Gasteiger partial charge on any atom is 0.261 e. The molecule has 0 aliphatic rings. The fourth-order valence-corrected chi connectivity index (χ4v) is 3.18.